The van der Waals surface area contributed by atoms with Crippen molar-refractivity contribution in [2.45, 2.75) is 32.5 Å². The molecule has 1 fully saturated rings. The highest BCUT2D eigenvalue weighted by molar-refractivity contribution is 14.0. The Morgan fingerprint density at radius 2 is 1.76 bits per heavy atom. The molecule has 2 aromatic rings. The summed E-state index contributed by atoms with van der Waals surface area (Å²) in [6.45, 7) is 2.65. The van der Waals surface area contributed by atoms with Crippen LogP contribution < -0.4 is 10.6 Å². The molecular formula is C21H25Cl2IN4O. The molecule has 0 atom stereocenters. The van der Waals surface area contributed by atoms with Crippen LogP contribution in [-0.4, -0.2) is 30.4 Å². The molecule has 1 aliphatic rings. The van der Waals surface area contributed by atoms with Gasteiger partial charge in [0.25, 0.3) is 0 Å². The number of nitrogens with zero attached hydrogens (tertiary/aromatic N) is 2. The third-order valence-electron chi connectivity index (χ3n) is 4.78. The summed E-state index contributed by atoms with van der Waals surface area (Å²) < 4.78 is 0. The molecule has 1 heterocycles. The maximum atomic E-state index is 11.9. The Morgan fingerprint density at radius 3 is 2.38 bits per heavy atom. The van der Waals surface area contributed by atoms with Crippen LogP contribution in [0.15, 0.2) is 47.5 Å². The van der Waals surface area contributed by atoms with E-state index < -0.39 is 0 Å². The molecule has 0 saturated carbocycles. The number of amides is 1. The van der Waals surface area contributed by atoms with Crippen LogP contribution in [0.4, 0.5) is 0 Å². The monoisotopic (exact) mass is 546 g/mol. The Kier molecular flexibility index (Phi) is 9.52. The van der Waals surface area contributed by atoms with E-state index in [0.717, 1.165) is 29.7 Å². The van der Waals surface area contributed by atoms with Crippen molar-refractivity contribution in [2.24, 2.45) is 4.99 Å². The molecule has 29 heavy (non-hydrogen) atoms. The fourth-order valence-corrected chi connectivity index (χ4v) is 3.68. The van der Waals surface area contributed by atoms with Crippen molar-refractivity contribution in [3.63, 3.8) is 0 Å². The zero-order chi connectivity index (χ0) is 19.9. The van der Waals surface area contributed by atoms with E-state index in [1.807, 2.05) is 29.2 Å². The van der Waals surface area contributed by atoms with E-state index in [1.165, 1.54) is 0 Å². The van der Waals surface area contributed by atoms with Crippen molar-refractivity contribution in [3.05, 3.63) is 69.2 Å². The van der Waals surface area contributed by atoms with Crippen LogP contribution in [-0.2, 0) is 24.4 Å². The second kappa shape index (κ2) is 11.6. The van der Waals surface area contributed by atoms with Crippen LogP contribution in [0.3, 0.4) is 0 Å². The van der Waals surface area contributed by atoms with Gasteiger partial charge in [-0.3, -0.25) is 9.79 Å². The van der Waals surface area contributed by atoms with Crippen LogP contribution in [0, 0.1) is 0 Å². The van der Waals surface area contributed by atoms with Gasteiger partial charge >= 0.3 is 0 Å². The summed E-state index contributed by atoms with van der Waals surface area (Å²) in [7, 11) is 1.73. The smallest absolute Gasteiger partial charge is 0.222 e. The van der Waals surface area contributed by atoms with Gasteiger partial charge in [-0.05, 0) is 35.2 Å². The quantitative estimate of drug-likeness (QED) is 0.316. The van der Waals surface area contributed by atoms with Crippen molar-refractivity contribution >= 4 is 59.0 Å². The second-order valence-electron chi connectivity index (χ2n) is 6.70. The van der Waals surface area contributed by atoms with Gasteiger partial charge < -0.3 is 15.5 Å². The van der Waals surface area contributed by atoms with Gasteiger partial charge in [0, 0.05) is 49.7 Å². The van der Waals surface area contributed by atoms with E-state index in [9.17, 15) is 4.79 Å². The van der Waals surface area contributed by atoms with Crippen molar-refractivity contribution in [3.8, 4) is 0 Å². The molecule has 0 aromatic heterocycles. The normalized spacial score (nSPS) is 14.0. The number of guanidine groups is 1. The van der Waals surface area contributed by atoms with Crippen molar-refractivity contribution < 1.29 is 4.79 Å². The molecule has 8 heteroatoms. The third kappa shape index (κ3) is 6.76. The third-order valence-corrected chi connectivity index (χ3v) is 5.37. The first-order chi connectivity index (χ1) is 13.6. The van der Waals surface area contributed by atoms with E-state index in [0.29, 0.717) is 42.1 Å². The van der Waals surface area contributed by atoms with Gasteiger partial charge in [-0.2, -0.15) is 0 Å². The number of likely N-dealkylation sites (tertiary alicyclic amines) is 1. The topological polar surface area (TPSA) is 56.7 Å². The molecule has 2 N–H and O–H groups in total. The molecule has 156 valence electrons. The molecule has 1 saturated heterocycles. The van der Waals surface area contributed by atoms with E-state index in [4.69, 9.17) is 23.2 Å². The van der Waals surface area contributed by atoms with Gasteiger partial charge in [0.15, 0.2) is 5.96 Å². The van der Waals surface area contributed by atoms with Crippen molar-refractivity contribution in [2.75, 3.05) is 13.6 Å². The highest BCUT2D eigenvalue weighted by atomic mass is 127. The Bertz CT molecular complexity index is 876. The minimum Gasteiger partial charge on any atom is -0.352 e. The number of nitrogens with one attached hydrogen (secondary N) is 2. The first-order valence-electron chi connectivity index (χ1n) is 9.30. The lowest BCUT2D eigenvalue weighted by atomic mass is 10.1. The lowest BCUT2D eigenvalue weighted by Gasteiger charge is -2.19. The minimum absolute atomic E-state index is 0. The molecule has 0 spiro atoms. The van der Waals surface area contributed by atoms with E-state index in [1.54, 1.807) is 13.1 Å². The maximum Gasteiger partial charge on any atom is 0.222 e. The Labute approximate surface area is 198 Å². The molecule has 1 amide bonds. The average Bonchev–Trinajstić information content (AvgIpc) is 3.09. The number of rotatable bonds is 6. The number of halogens is 3. The summed E-state index contributed by atoms with van der Waals surface area (Å²) in [5.74, 6) is 0.915. The summed E-state index contributed by atoms with van der Waals surface area (Å²) in [6, 6.07) is 13.6. The summed E-state index contributed by atoms with van der Waals surface area (Å²) in [5.41, 5.74) is 3.25. The van der Waals surface area contributed by atoms with Crippen LogP contribution >= 0.6 is 47.2 Å². The Hall–Kier alpha value is -1.51. The molecule has 0 bridgehead atoms. The summed E-state index contributed by atoms with van der Waals surface area (Å²) in [6.07, 6.45) is 1.60. The number of benzene rings is 2. The number of carbonyl (C=O) groups is 1. The predicted octanol–water partition coefficient (Wildman–Crippen LogP) is 4.60. The molecule has 0 unspecified atom stereocenters. The van der Waals surface area contributed by atoms with E-state index in [2.05, 4.69) is 27.8 Å². The van der Waals surface area contributed by atoms with Gasteiger partial charge in [0.2, 0.25) is 5.91 Å². The Balaban J connectivity index is 0.00000300. The molecular weight excluding hydrogens is 522 g/mol. The largest absolute Gasteiger partial charge is 0.352 e. The van der Waals surface area contributed by atoms with E-state index >= 15 is 0 Å². The van der Waals surface area contributed by atoms with Crippen molar-refractivity contribution in [1.29, 1.82) is 0 Å². The summed E-state index contributed by atoms with van der Waals surface area (Å²) in [4.78, 5) is 18.1. The standard InChI is InChI=1S/C21H24Cl2N4O.HI/c1-24-21(26-13-16-8-9-18(22)11-19(16)23)25-12-15-5-2-3-6-17(15)14-27-10-4-7-20(27)28;/h2-3,5-6,8-9,11H,4,7,10,12-14H2,1H3,(H2,24,25,26);1H. The average molecular weight is 547 g/mol. The summed E-state index contributed by atoms with van der Waals surface area (Å²) in [5, 5.41) is 7.83. The number of hydrogen-bond acceptors (Lipinski definition) is 2. The fraction of sp³-hybridized carbons (Fsp3) is 0.333. The highest BCUT2D eigenvalue weighted by Crippen LogP contribution is 2.21. The lowest BCUT2D eigenvalue weighted by Crippen LogP contribution is -2.36. The Morgan fingerprint density at radius 1 is 1.07 bits per heavy atom. The van der Waals surface area contributed by atoms with Gasteiger partial charge in [-0.15, -0.1) is 24.0 Å². The number of carbonyl (C=O) groups excluding carboxylic acids is 1. The molecule has 5 nitrogen and oxygen atoms in total. The second-order valence-corrected chi connectivity index (χ2v) is 7.55. The molecule has 0 aliphatic carbocycles. The number of hydrogen-bond donors (Lipinski definition) is 2. The van der Waals surface area contributed by atoms with Gasteiger partial charge in [-0.25, -0.2) is 0 Å². The zero-order valence-corrected chi connectivity index (χ0v) is 20.1. The fourth-order valence-electron chi connectivity index (χ4n) is 3.20. The van der Waals surface area contributed by atoms with Gasteiger partial charge in [0.05, 0.1) is 0 Å². The highest BCUT2D eigenvalue weighted by Gasteiger charge is 2.20. The first kappa shape index (κ1) is 23.8. The minimum atomic E-state index is 0. The molecule has 3 rings (SSSR count). The SMILES string of the molecule is CN=C(NCc1ccc(Cl)cc1Cl)NCc1ccccc1CN1CCCC1=O.I. The predicted molar refractivity (Wildman–Crippen MR) is 130 cm³/mol. The molecule has 1 aliphatic heterocycles. The first-order valence-corrected chi connectivity index (χ1v) is 10.1. The maximum absolute atomic E-state index is 11.9. The number of aliphatic imine (C=N–C) groups is 1. The summed E-state index contributed by atoms with van der Waals surface area (Å²) >= 11 is 12.2. The molecule has 0 radical (unpaired) electrons. The zero-order valence-electron chi connectivity index (χ0n) is 16.3. The lowest BCUT2D eigenvalue weighted by molar-refractivity contribution is -0.128. The van der Waals surface area contributed by atoms with Crippen LogP contribution in [0.1, 0.15) is 29.5 Å². The van der Waals surface area contributed by atoms with E-state index in [-0.39, 0.29) is 29.9 Å². The van der Waals surface area contributed by atoms with Crippen LogP contribution in [0.25, 0.3) is 0 Å². The van der Waals surface area contributed by atoms with Crippen LogP contribution in [0.5, 0.6) is 0 Å². The van der Waals surface area contributed by atoms with Gasteiger partial charge in [0.1, 0.15) is 0 Å². The van der Waals surface area contributed by atoms with Crippen molar-refractivity contribution in [1.82, 2.24) is 15.5 Å². The van der Waals surface area contributed by atoms with Gasteiger partial charge in [-0.1, -0.05) is 53.5 Å². The molecule has 2 aromatic carbocycles. The van der Waals surface area contributed by atoms with Crippen LogP contribution in [0.2, 0.25) is 10.0 Å².